The minimum Gasteiger partial charge on any atom is -0.465 e. The van der Waals surface area contributed by atoms with E-state index in [1.54, 1.807) is 0 Å². The third-order valence-corrected chi connectivity index (χ3v) is 2.54. The summed E-state index contributed by atoms with van der Waals surface area (Å²) in [7, 11) is 0. The summed E-state index contributed by atoms with van der Waals surface area (Å²) in [5, 5.41) is 0. The van der Waals surface area contributed by atoms with Crippen LogP contribution in [0.1, 0.15) is 46.5 Å². The van der Waals surface area contributed by atoms with E-state index in [1.165, 1.54) is 0 Å². The van der Waals surface area contributed by atoms with E-state index < -0.39 is 0 Å². The normalized spacial score (nSPS) is 13.2. The number of hydrogen-bond donors (Lipinski definition) is 1. The lowest BCUT2D eigenvalue weighted by molar-refractivity contribution is -0.144. The van der Waals surface area contributed by atoms with Gasteiger partial charge >= 0.3 is 5.97 Å². The second kappa shape index (κ2) is 10.3. The lowest BCUT2D eigenvalue weighted by atomic mass is 9.94. The van der Waals surface area contributed by atoms with E-state index in [1.807, 2.05) is 6.08 Å². The van der Waals surface area contributed by atoms with Crippen LogP contribution in [0.25, 0.3) is 0 Å². The molecule has 0 spiro atoms. The summed E-state index contributed by atoms with van der Waals surface area (Å²) in [5.74, 6) is 0.712. The summed E-state index contributed by atoms with van der Waals surface area (Å²) in [6, 6.07) is 0. The molecule has 2 N–H and O–H groups in total. The standard InChI is InChI=1S/C14H27NO2/c1-4-5-6-7-8-17-14(16)10-13(11-15)9-12(2)3/h5-6,12-13H,4,7-11,15H2,1-3H3/b6-5+/t13-/m0/s1. The van der Waals surface area contributed by atoms with Crippen LogP contribution in [0.2, 0.25) is 0 Å². The number of allylic oxidation sites excluding steroid dienone is 1. The van der Waals surface area contributed by atoms with Crippen molar-refractivity contribution in [3.05, 3.63) is 12.2 Å². The summed E-state index contributed by atoms with van der Waals surface area (Å²) in [4.78, 5) is 11.5. The maximum Gasteiger partial charge on any atom is 0.306 e. The van der Waals surface area contributed by atoms with Gasteiger partial charge in [0.2, 0.25) is 0 Å². The smallest absolute Gasteiger partial charge is 0.306 e. The van der Waals surface area contributed by atoms with Gasteiger partial charge < -0.3 is 10.5 Å². The number of esters is 1. The summed E-state index contributed by atoms with van der Waals surface area (Å²) in [5.41, 5.74) is 5.64. The molecule has 100 valence electrons. The number of nitrogens with two attached hydrogens (primary N) is 1. The molecule has 1 atom stereocenters. The zero-order valence-electron chi connectivity index (χ0n) is 11.4. The van der Waals surface area contributed by atoms with E-state index in [2.05, 4.69) is 26.8 Å². The van der Waals surface area contributed by atoms with Gasteiger partial charge in [0.1, 0.15) is 0 Å². The molecule has 0 rings (SSSR count). The van der Waals surface area contributed by atoms with Gasteiger partial charge in [0.25, 0.3) is 0 Å². The van der Waals surface area contributed by atoms with Gasteiger partial charge in [-0.2, -0.15) is 0 Å². The first-order chi connectivity index (χ1) is 8.10. The molecular weight excluding hydrogens is 214 g/mol. The molecule has 0 heterocycles. The summed E-state index contributed by atoms with van der Waals surface area (Å²) < 4.78 is 5.16. The molecule has 17 heavy (non-hydrogen) atoms. The fraction of sp³-hybridized carbons (Fsp3) is 0.786. The Bertz CT molecular complexity index is 224. The van der Waals surface area contributed by atoms with E-state index in [4.69, 9.17) is 10.5 Å². The Morgan fingerprint density at radius 3 is 2.59 bits per heavy atom. The van der Waals surface area contributed by atoms with Crippen LogP contribution in [0.5, 0.6) is 0 Å². The van der Waals surface area contributed by atoms with Gasteiger partial charge in [-0.25, -0.2) is 0 Å². The Morgan fingerprint density at radius 2 is 2.06 bits per heavy atom. The van der Waals surface area contributed by atoms with E-state index in [-0.39, 0.29) is 11.9 Å². The molecule has 0 saturated heterocycles. The van der Waals surface area contributed by atoms with E-state index in [0.29, 0.717) is 25.5 Å². The maximum atomic E-state index is 11.5. The first-order valence-electron chi connectivity index (χ1n) is 6.60. The zero-order valence-corrected chi connectivity index (χ0v) is 11.4. The van der Waals surface area contributed by atoms with Crippen LogP contribution in [-0.2, 0) is 9.53 Å². The average molecular weight is 241 g/mol. The topological polar surface area (TPSA) is 52.3 Å². The van der Waals surface area contributed by atoms with Gasteiger partial charge in [-0.3, -0.25) is 4.79 Å². The van der Waals surface area contributed by atoms with Crippen molar-refractivity contribution in [2.75, 3.05) is 13.2 Å². The molecule has 0 aliphatic carbocycles. The summed E-state index contributed by atoms with van der Waals surface area (Å²) in [6.07, 6.45) is 7.39. The largest absolute Gasteiger partial charge is 0.465 e. The predicted molar refractivity (Wildman–Crippen MR) is 71.6 cm³/mol. The van der Waals surface area contributed by atoms with Gasteiger partial charge in [0.05, 0.1) is 6.61 Å². The highest BCUT2D eigenvalue weighted by molar-refractivity contribution is 5.69. The van der Waals surface area contributed by atoms with Gasteiger partial charge in [0, 0.05) is 6.42 Å². The van der Waals surface area contributed by atoms with Gasteiger partial charge in [-0.1, -0.05) is 32.9 Å². The molecule has 0 aliphatic rings. The Labute approximate surface area is 105 Å². The van der Waals surface area contributed by atoms with Crippen molar-refractivity contribution in [1.82, 2.24) is 0 Å². The van der Waals surface area contributed by atoms with E-state index in [9.17, 15) is 4.79 Å². The molecule has 3 heteroatoms. The average Bonchev–Trinajstić information content (AvgIpc) is 2.27. The Kier molecular flexibility index (Phi) is 9.83. The fourth-order valence-electron chi connectivity index (χ4n) is 1.75. The number of hydrogen-bond acceptors (Lipinski definition) is 3. The van der Waals surface area contributed by atoms with Crippen molar-refractivity contribution in [3.8, 4) is 0 Å². The van der Waals surface area contributed by atoms with Crippen molar-refractivity contribution < 1.29 is 9.53 Å². The monoisotopic (exact) mass is 241 g/mol. The Morgan fingerprint density at radius 1 is 1.35 bits per heavy atom. The molecule has 0 aromatic heterocycles. The fourth-order valence-corrected chi connectivity index (χ4v) is 1.75. The van der Waals surface area contributed by atoms with E-state index in [0.717, 1.165) is 19.3 Å². The van der Waals surface area contributed by atoms with Gasteiger partial charge in [-0.15, -0.1) is 0 Å². The molecule has 0 radical (unpaired) electrons. The van der Waals surface area contributed by atoms with Crippen LogP contribution in [0.4, 0.5) is 0 Å². The van der Waals surface area contributed by atoms with Crippen LogP contribution in [0.15, 0.2) is 12.2 Å². The molecule has 0 saturated carbocycles. The van der Waals surface area contributed by atoms with Crippen molar-refractivity contribution >= 4 is 5.97 Å². The third kappa shape index (κ3) is 10.1. The number of rotatable bonds is 9. The molecule has 0 bridgehead atoms. The van der Waals surface area contributed by atoms with Crippen LogP contribution in [-0.4, -0.2) is 19.1 Å². The molecule has 3 nitrogen and oxygen atoms in total. The second-order valence-electron chi connectivity index (χ2n) is 4.82. The molecule has 0 fully saturated rings. The number of carbonyl (C=O) groups is 1. The van der Waals surface area contributed by atoms with Crippen LogP contribution in [0.3, 0.4) is 0 Å². The lowest BCUT2D eigenvalue weighted by Crippen LogP contribution is -2.21. The second-order valence-corrected chi connectivity index (χ2v) is 4.82. The van der Waals surface area contributed by atoms with Gasteiger partial charge in [0.15, 0.2) is 0 Å². The Hall–Kier alpha value is -0.830. The molecule has 0 aromatic rings. The lowest BCUT2D eigenvalue weighted by Gasteiger charge is -2.15. The minimum atomic E-state index is -0.119. The quantitative estimate of drug-likeness (QED) is 0.383. The van der Waals surface area contributed by atoms with Gasteiger partial charge in [-0.05, 0) is 37.6 Å². The molecule has 0 unspecified atom stereocenters. The highest BCUT2D eigenvalue weighted by Gasteiger charge is 2.14. The Balaban J connectivity index is 3.71. The van der Waals surface area contributed by atoms with Crippen molar-refractivity contribution in [2.45, 2.75) is 46.5 Å². The summed E-state index contributed by atoms with van der Waals surface area (Å²) >= 11 is 0. The minimum absolute atomic E-state index is 0.119. The zero-order chi connectivity index (χ0) is 13.1. The number of ether oxygens (including phenoxy) is 1. The molecule has 0 amide bonds. The third-order valence-electron chi connectivity index (χ3n) is 2.54. The summed E-state index contributed by atoms with van der Waals surface area (Å²) in [6.45, 7) is 7.41. The molecule has 0 aromatic carbocycles. The van der Waals surface area contributed by atoms with E-state index >= 15 is 0 Å². The highest BCUT2D eigenvalue weighted by atomic mass is 16.5. The van der Waals surface area contributed by atoms with Crippen molar-refractivity contribution in [1.29, 1.82) is 0 Å². The number of carbonyl (C=O) groups excluding carboxylic acids is 1. The van der Waals surface area contributed by atoms with Crippen molar-refractivity contribution in [3.63, 3.8) is 0 Å². The first kappa shape index (κ1) is 16.2. The first-order valence-corrected chi connectivity index (χ1v) is 6.60. The maximum absolute atomic E-state index is 11.5. The van der Waals surface area contributed by atoms with Crippen LogP contribution >= 0.6 is 0 Å². The van der Waals surface area contributed by atoms with Crippen molar-refractivity contribution in [2.24, 2.45) is 17.6 Å². The molecular formula is C14H27NO2. The predicted octanol–water partition coefficient (Wildman–Crippen LogP) is 2.90. The highest BCUT2D eigenvalue weighted by Crippen LogP contribution is 2.14. The molecule has 0 aliphatic heterocycles. The van der Waals surface area contributed by atoms with Crippen LogP contribution < -0.4 is 5.73 Å². The SMILES string of the molecule is CC/C=C/CCOC(=O)C[C@@H](CN)CC(C)C. The van der Waals surface area contributed by atoms with Crippen LogP contribution in [0, 0.1) is 11.8 Å².